The number of carboxylic acids is 1. The topological polar surface area (TPSA) is 43.8 Å². The molecule has 0 radical (unpaired) electrons. The third-order valence-electron chi connectivity index (χ3n) is 3.79. The first-order valence-electron chi connectivity index (χ1n) is 6.53. The molecule has 1 unspecified atom stereocenters. The van der Waals surface area contributed by atoms with Crippen molar-refractivity contribution in [3.63, 3.8) is 0 Å². The molecule has 4 heteroatoms. The second-order valence-corrected chi connectivity index (χ2v) is 5.82. The molecule has 1 heterocycles. The van der Waals surface area contributed by atoms with Gasteiger partial charge in [0.2, 0.25) is 0 Å². The van der Waals surface area contributed by atoms with Crippen molar-refractivity contribution in [2.24, 2.45) is 5.92 Å². The highest BCUT2D eigenvalue weighted by Crippen LogP contribution is 2.21. The van der Waals surface area contributed by atoms with Crippen molar-refractivity contribution in [1.82, 2.24) is 9.80 Å². The van der Waals surface area contributed by atoms with Crippen molar-refractivity contribution in [3.05, 3.63) is 0 Å². The van der Waals surface area contributed by atoms with Crippen molar-refractivity contribution in [3.8, 4) is 0 Å². The van der Waals surface area contributed by atoms with E-state index in [1.807, 2.05) is 7.05 Å². The van der Waals surface area contributed by atoms with Gasteiger partial charge in [0.05, 0.1) is 5.92 Å². The second kappa shape index (κ2) is 5.83. The summed E-state index contributed by atoms with van der Waals surface area (Å²) in [7, 11) is 2.03. The maximum absolute atomic E-state index is 11.2. The van der Waals surface area contributed by atoms with Crippen LogP contribution in [0.1, 0.15) is 33.6 Å². The molecule has 0 aromatic carbocycles. The number of hydrogen-bond acceptors (Lipinski definition) is 3. The minimum atomic E-state index is -0.670. The Morgan fingerprint density at radius 3 is 2.59 bits per heavy atom. The van der Waals surface area contributed by atoms with Gasteiger partial charge >= 0.3 is 5.97 Å². The largest absolute Gasteiger partial charge is 0.481 e. The van der Waals surface area contributed by atoms with E-state index in [4.69, 9.17) is 0 Å². The van der Waals surface area contributed by atoms with Gasteiger partial charge in [0.25, 0.3) is 0 Å². The molecule has 1 atom stereocenters. The lowest BCUT2D eigenvalue weighted by Gasteiger charge is -2.36. The number of nitrogens with zero attached hydrogens (tertiary/aromatic N) is 2. The minimum absolute atomic E-state index is 0.0535. The second-order valence-electron chi connectivity index (χ2n) is 5.82. The molecule has 0 amide bonds. The van der Waals surface area contributed by atoms with Crippen LogP contribution in [0.15, 0.2) is 0 Å². The van der Waals surface area contributed by atoms with E-state index in [1.165, 1.54) is 0 Å². The number of likely N-dealkylation sites (N-methyl/N-ethyl adjacent to an activating group) is 1. The summed E-state index contributed by atoms with van der Waals surface area (Å²) in [5, 5.41) is 9.24. The molecule has 1 saturated heterocycles. The summed E-state index contributed by atoms with van der Waals surface area (Å²) < 4.78 is 0. The molecule has 1 N–H and O–H groups in total. The number of hydrogen-bond donors (Lipinski definition) is 1. The molecule has 0 aromatic rings. The highest BCUT2D eigenvalue weighted by molar-refractivity contribution is 5.70. The molecular formula is C13H26N2O2. The van der Waals surface area contributed by atoms with Crippen LogP contribution >= 0.6 is 0 Å². The smallest absolute Gasteiger partial charge is 0.309 e. The number of unbranched alkanes of at least 4 members (excludes halogenated alkanes) is 1. The van der Waals surface area contributed by atoms with Crippen LogP contribution in [0.3, 0.4) is 0 Å². The Kier molecular flexibility index (Phi) is 4.95. The Morgan fingerprint density at radius 2 is 2.06 bits per heavy atom. The van der Waals surface area contributed by atoms with Gasteiger partial charge in [-0.25, -0.2) is 0 Å². The molecule has 17 heavy (non-hydrogen) atoms. The van der Waals surface area contributed by atoms with Gasteiger partial charge in [-0.3, -0.25) is 9.69 Å². The molecule has 0 saturated carbocycles. The highest BCUT2D eigenvalue weighted by Gasteiger charge is 2.35. The van der Waals surface area contributed by atoms with Crippen LogP contribution in [0.5, 0.6) is 0 Å². The SMILES string of the molecule is CCCCN1CC(C(=O)O)CN(C)C(C)(C)C1. The number of carbonyl (C=O) groups is 1. The van der Waals surface area contributed by atoms with E-state index in [0.29, 0.717) is 13.1 Å². The van der Waals surface area contributed by atoms with Gasteiger partial charge in [0, 0.05) is 25.2 Å². The fourth-order valence-electron chi connectivity index (χ4n) is 2.39. The standard InChI is InChI=1S/C13H26N2O2/c1-5-6-7-15-9-11(12(16)17)8-14(4)13(2,3)10-15/h11H,5-10H2,1-4H3,(H,16,17). The van der Waals surface area contributed by atoms with Gasteiger partial charge in [0.1, 0.15) is 0 Å². The van der Waals surface area contributed by atoms with E-state index >= 15 is 0 Å². The first-order valence-corrected chi connectivity index (χ1v) is 6.53. The molecule has 0 aliphatic carbocycles. The van der Waals surface area contributed by atoms with Crippen molar-refractivity contribution in [2.75, 3.05) is 33.2 Å². The van der Waals surface area contributed by atoms with Crippen LogP contribution in [0, 0.1) is 5.92 Å². The lowest BCUT2D eigenvalue weighted by molar-refractivity contribution is -0.142. The van der Waals surface area contributed by atoms with Gasteiger partial charge in [-0.1, -0.05) is 13.3 Å². The van der Waals surface area contributed by atoms with Gasteiger partial charge in [-0.15, -0.1) is 0 Å². The van der Waals surface area contributed by atoms with Crippen LogP contribution < -0.4 is 0 Å². The number of rotatable bonds is 4. The van der Waals surface area contributed by atoms with Crippen molar-refractivity contribution < 1.29 is 9.90 Å². The maximum atomic E-state index is 11.2. The average Bonchev–Trinajstić information content (AvgIpc) is 2.34. The lowest BCUT2D eigenvalue weighted by atomic mass is 10.0. The van der Waals surface area contributed by atoms with Crippen molar-refractivity contribution >= 4 is 5.97 Å². The summed E-state index contributed by atoms with van der Waals surface area (Å²) in [5.41, 5.74) is 0.0535. The molecular weight excluding hydrogens is 216 g/mol. The van der Waals surface area contributed by atoms with Crippen molar-refractivity contribution in [2.45, 2.75) is 39.2 Å². The van der Waals surface area contributed by atoms with Gasteiger partial charge in [0.15, 0.2) is 0 Å². The number of carboxylic acid groups (broad SMARTS) is 1. The molecule has 1 aliphatic rings. The van der Waals surface area contributed by atoms with Crippen molar-refractivity contribution in [1.29, 1.82) is 0 Å². The molecule has 0 spiro atoms. The van der Waals surface area contributed by atoms with E-state index in [-0.39, 0.29) is 11.5 Å². The molecule has 1 rings (SSSR count). The Hall–Kier alpha value is -0.610. The summed E-state index contributed by atoms with van der Waals surface area (Å²) >= 11 is 0. The Labute approximate surface area is 105 Å². The predicted molar refractivity (Wildman–Crippen MR) is 69.2 cm³/mol. The van der Waals surface area contributed by atoms with E-state index in [1.54, 1.807) is 0 Å². The van der Waals surface area contributed by atoms with E-state index in [0.717, 1.165) is 25.9 Å². The zero-order valence-corrected chi connectivity index (χ0v) is 11.6. The Bertz CT molecular complexity index is 266. The first-order chi connectivity index (χ1) is 7.86. The molecule has 0 aromatic heterocycles. The third-order valence-corrected chi connectivity index (χ3v) is 3.79. The van der Waals surface area contributed by atoms with E-state index < -0.39 is 5.97 Å². The summed E-state index contributed by atoms with van der Waals surface area (Å²) in [4.78, 5) is 15.7. The van der Waals surface area contributed by atoms with Gasteiger partial charge < -0.3 is 10.0 Å². The Balaban J connectivity index is 2.74. The molecule has 4 nitrogen and oxygen atoms in total. The zero-order chi connectivity index (χ0) is 13.1. The summed E-state index contributed by atoms with van der Waals surface area (Å²) in [5.74, 6) is -0.935. The Morgan fingerprint density at radius 1 is 1.41 bits per heavy atom. The lowest BCUT2D eigenvalue weighted by Crippen LogP contribution is -2.47. The summed E-state index contributed by atoms with van der Waals surface area (Å²) in [6.45, 7) is 9.84. The van der Waals surface area contributed by atoms with Crippen LogP contribution in [-0.4, -0.2) is 59.6 Å². The fraction of sp³-hybridized carbons (Fsp3) is 0.923. The average molecular weight is 242 g/mol. The zero-order valence-electron chi connectivity index (χ0n) is 11.6. The van der Waals surface area contributed by atoms with Gasteiger partial charge in [-0.05, 0) is 33.9 Å². The number of aliphatic carboxylic acids is 1. The third kappa shape index (κ3) is 3.96. The monoisotopic (exact) mass is 242 g/mol. The fourth-order valence-corrected chi connectivity index (χ4v) is 2.39. The van der Waals surface area contributed by atoms with Gasteiger partial charge in [-0.2, -0.15) is 0 Å². The summed E-state index contributed by atoms with van der Waals surface area (Å²) in [6, 6.07) is 0. The molecule has 0 bridgehead atoms. The van der Waals surface area contributed by atoms with Crippen LogP contribution in [0.4, 0.5) is 0 Å². The van der Waals surface area contributed by atoms with E-state index in [9.17, 15) is 9.90 Å². The maximum Gasteiger partial charge on any atom is 0.309 e. The van der Waals surface area contributed by atoms with Crippen LogP contribution in [0.2, 0.25) is 0 Å². The normalized spacial score (nSPS) is 26.7. The van der Waals surface area contributed by atoms with Crippen LogP contribution in [0.25, 0.3) is 0 Å². The minimum Gasteiger partial charge on any atom is -0.481 e. The highest BCUT2D eigenvalue weighted by atomic mass is 16.4. The molecule has 1 aliphatic heterocycles. The summed E-state index contributed by atoms with van der Waals surface area (Å²) in [6.07, 6.45) is 2.30. The molecule has 1 fully saturated rings. The first kappa shape index (κ1) is 14.5. The quantitative estimate of drug-likeness (QED) is 0.811. The van der Waals surface area contributed by atoms with E-state index in [2.05, 4.69) is 30.6 Å². The van der Waals surface area contributed by atoms with Crippen LogP contribution in [-0.2, 0) is 4.79 Å². The molecule has 100 valence electrons. The predicted octanol–water partition coefficient (Wildman–Crippen LogP) is 1.51.